The molecule has 0 atom stereocenters. The van der Waals surface area contributed by atoms with Crippen LogP contribution in [0.2, 0.25) is 0 Å². The van der Waals surface area contributed by atoms with Crippen LogP contribution in [0, 0.1) is 0 Å². The van der Waals surface area contributed by atoms with Gasteiger partial charge in [-0.3, -0.25) is 4.90 Å². The fourth-order valence-electron chi connectivity index (χ4n) is 5.50. The van der Waals surface area contributed by atoms with Gasteiger partial charge in [-0.05, 0) is 41.8 Å². The first kappa shape index (κ1) is 26.6. The lowest BCUT2D eigenvalue weighted by Crippen LogP contribution is -2.24. The summed E-state index contributed by atoms with van der Waals surface area (Å²) in [5, 5.41) is 2.95. The Morgan fingerprint density at radius 1 is 0.810 bits per heavy atom. The van der Waals surface area contributed by atoms with Crippen LogP contribution in [-0.2, 0) is 26.2 Å². The summed E-state index contributed by atoms with van der Waals surface area (Å²) in [6.45, 7) is 5.74. The summed E-state index contributed by atoms with van der Waals surface area (Å²) >= 11 is 1.63. The van der Waals surface area contributed by atoms with Crippen LogP contribution in [0.4, 0.5) is 0 Å². The van der Waals surface area contributed by atoms with E-state index in [1.165, 1.54) is 5.69 Å². The van der Waals surface area contributed by atoms with Crippen LogP contribution in [-0.4, -0.2) is 33.0 Å². The molecule has 0 radical (unpaired) electrons. The van der Waals surface area contributed by atoms with E-state index in [-0.39, 0.29) is 13.6 Å². The van der Waals surface area contributed by atoms with Crippen LogP contribution < -0.4 is 18.9 Å². The first-order valence-electron chi connectivity index (χ1n) is 14.3. The van der Waals surface area contributed by atoms with E-state index in [2.05, 4.69) is 64.9 Å². The second-order valence-corrected chi connectivity index (χ2v) is 11.4. The number of ether oxygens (including phenoxy) is 4. The monoisotopic (exact) mass is 580 g/mol. The number of hydrogen-bond donors (Lipinski definition) is 0. The van der Waals surface area contributed by atoms with Crippen LogP contribution in [0.25, 0.3) is 22.1 Å². The van der Waals surface area contributed by atoms with Gasteiger partial charge in [0.1, 0.15) is 16.5 Å². The number of nitrogens with zero attached hydrogens (tertiary/aromatic N) is 4. The summed E-state index contributed by atoms with van der Waals surface area (Å²) in [7, 11) is 0. The summed E-state index contributed by atoms with van der Waals surface area (Å²) in [5.41, 5.74) is 5.52. The quantitative estimate of drug-likeness (QED) is 0.165. The summed E-state index contributed by atoms with van der Waals surface area (Å²) in [6.07, 6.45) is 4.01. The molecule has 0 spiro atoms. The molecule has 0 N–H and O–H groups in total. The zero-order valence-electron chi connectivity index (χ0n) is 23.5. The maximum atomic E-state index is 5.70. The molecule has 0 fully saturated rings. The van der Waals surface area contributed by atoms with Crippen LogP contribution in [0.1, 0.15) is 36.6 Å². The van der Waals surface area contributed by atoms with Crippen molar-refractivity contribution in [3.8, 4) is 45.1 Å². The van der Waals surface area contributed by atoms with Crippen LogP contribution in [0.5, 0.6) is 23.0 Å². The number of imidazole rings is 1. The Morgan fingerprint density at radius 3 is 2.10 bits per heavy atom. The summed E-state index contributed by atoms with van der Waals surface area (Å²) < 4.78 is 24.9. The van der Waals surface area contributed by atoms with Gasteiger partial charge in [-0.1, -0.05) is 55.8 Å². The zero-order valence-corrected chi connectivity index (χ0v) is 24.3. The van der Waals surface area contributed by atoms with Crippen molar-refractivity contribution in [1.82, 2.24) is 19.4 Å². The third-order valence-corrected chi connectivity index (χ3v) is 8.31. The molecule has 9 heteroatoms. The molecular formula is C33H32N4O4S. The van der Waals surface area contributed by atoms with E-state index < -0.39 is 0 Å². The predicted octanol–water partition coefficient (Wildman–Crippen LogP) is 7.13. The average Bonchev–Trinajstić information content (AvgIpc) is 3.83. The van der Waals surface area contributed by atoms with E-state index >= 15 is 0 Å². The standard InChI is InChI=1S/C33H32N4O4S/c1-2-3-14-37-26(31(33-34-13-15-42-33)35-32(37)25-7-5-4-6-8-25)20-36(18-23-9-11-27-29(16-23)40-21-38-27)19-24-10-12-28-30(17-24)41-22-39-28/h4-13,15-17H,2-3,14,18-22H2,1H3. The molecule has 42 heavy (non-hydrogen) atoms. The fraction of sp³-hybridized carbons (Fsp3) is 0.273. The van der Waals surface area contributed by atoms with Crippen LogP contribution in [0.3, 0.4) is 0 Å². The minimum Gasteiger partial charge on any atom is -0.454 e. The van der Waals surface area contributed by atoms with Gasteiger partial charge in [0.25, 0.3) is 0 Å². The fourth-order valence-corrected chi connectivity index (χ4v) is 6.14. The number of fused-ring (bicyclic) bond motifs is 2. The number of rotatable bonds is 11. The van der Waals surface area contributed by atoms with Gasteiger partial charge in [-0.2, -0.15) is 0 Å². The molecule has 2 aromatic heterocycles. The van der Waals surface area contributed by atoms with Gasteiger partial charge in [-0.15, -0.1) is 11.3 Å². The van der Waals surface area contributed by atoms with Crippen molar-refractivity contribution < 1.29 is 18.9 Å². The predicted molar refractivity (Wildman–Crippen MR) is 162 cm³/mol. The lowest BCUT2D eigenvalue weighted by molar-refractivity contribution is 0.173. The van der Waals surface area contributed by atoms with Gasteiger partial charge in [-0.25, -0.2) is 9.97 Å². The van der Waals surface area contributed by atoms with Crippen molar-refractivity contribution in [2.45, 2.75) is 45.9 Å². The molecule has 7 rings (SSSR count). The average molecular weight is 581 g/mol. The third-order valence-electron chi connectivity index (χ3n) is 7.53. The van der Waals surface area contributed by atoms with E-state index in [1.54, 1.807) is 11.3 Å². The molecule has 0 unspecified atom stereocenters. The van der Waals surface area contributed by atoms with Gasteiger partial charge in [0, 0.05) is 43.3 Å². The largest absolute Gasteiger partial charge is 0.454 e. The number of thiazole rings is 1. The molecule has 0 amide bonds. The third kappa shape index (κ3) is 5.45. The molecule has 3 aromatic carbocycles. The van der Waals surface area contributed by atoms with Crippen molar-refractivity contribution in [3.05, 3.63) is 95.1 Å². The number of unbranched alkanes of at least 4 members (excludes halogenated alkanes) is 1. The Bertz CT molecular complexity index is 1610. The normalized spacial score (nSPS) is 13.3. The van der Waals surface area contributed by atoms with Gasteiger partial charge < -0.3 is 23.5 Å². The first-order chi connectivity index (χ1) is 20.7. The summed E-state index contributed by atoms with van der Waals surface area (Å²) in [6, 6.07) is 22.9. The molecule has 5 aromatic rings. The Balaban J connectivity index is 1.30. The zero-order chi connectivity index (χ0) is 28.3. The number of hydrogen-bond acceptors (Lipinski definition) is 8. The van der Waals surface area contributed by atoms with Gasteiger partial charge in [0.05, 0.1) is 5.69 Å². The van der Waals surface area contributed by atoms with E-state index in [0.717, 1.165) is 75.6 Å². The van der Waals surface area contributed by atoms with Crippen molar-refractivity contribution in [2.75, 3.05) is 13.6 Å². The number of aromatic nitrogens is 3. The van der Waals surface area contributed by atoms with Gasteiger partial charge in [0.15, 0.2) is 23.0 Å². The summed E-state index contributed by atoms with van der Waals surface area (Å²) in [5.74, 6) is 4.14. The van der Waals surface area contributed by atoms with Gasteiger partial charge >= 0.3 is 0 Å². The van der Waals surface area contributed by atoms with E-state index in [9.17, 15) is 0 Å². The second-order valence-electron chi connectivity index (χ2n) is 10.5. The SMILES string of the molecule is CCCCn1c(-c2ccccc2)nc(-c2nccs2)c1CN(Cc1ccc2c(c1)OCO2)Cc1ccc2c(c1)OCO2. The maximum absolute atomic E-state index is 5.70. The Hall–Kier alpha value is -4.34. The smallest absolute Gasteiger partial charge is 0.231 e. The summed E-state index contributed by atoms with van der Waals surface area (Å²) in [4.78, 5) is 12.4. The molecule has 0 aliphatic carbocycles. The molecule has 2 aliphatic rings. The second kappa shape index (κ2) is 11.9. The minimum atomic E-state index is 0.260. The van der Waals surface area contributed by atoms with E-state index in [4.69, 9.17) is 28.9 Å². The van der Waals surface area contributed by atoms with Gasteiger partial charge in [0.2, 0.25) is 13.6 Å². The highest BCUT2D eigenvalue weighted by atomic mass is 32.1. The molecule has 0 saturated carbocycles. The van der Waals surface area contributed by atoms with Crippen molar-refractivity contribution in [1.29, 1.82) is 0 Å². The molecule has 2 aliphatic heterocycles. The lowest BCUT2D eigenvalue weighted by Gasteiger charge is -2.24. The Morgan fingerprint density at radius 2 is 1.48 bits per heavy atom. The highest BCUT2D eigenvalue weighted by Gasteiger charge is 2.24. The molecular weight excluding hydrogens is 548 g/mol. The maximum Gasteiger partial charge on any atom is 0.231 e. The van der Waals surface area contributed by atoms with Crippen LogP contribution >= 0.6 is 11.3 Å². The Kier molecular flexibility index (Phi) is 7.51. The van der Waals surface area contributed by atoms with E-state index in [0.29, 0.717) is 19.6 Å². The molecule has 4 heterocycles. The van der Waals surface area contributed by atoms with Crippen LogP contribution in [0.15, 0.2) is 78.3 Å². The van der Waals surface area contributed by atoms with E-state index in [1.807, 2.05) is 29.8 Å². The van der Waals surface area contributed by atoms with Crippen molar-refractivity contribution in [2.24, 2.45) is 0 Å². The lowest BCUT2D eigenvalue weighted by atomic mass is 10.1. The molecule has 0 bridgehead atoms. The highest BCUT2D eigenvalue weighted by Crippen LogP contribution is 2.36. The van der Waals surface area contributed by atoms with Crippen molar-refractivity contribution in [3.63, 3.8) is 0 Å². The molecule has 214 valence electrons. The minimum absolute atomic E-state index is 0.260. The first-order valence-corrected chi connectivity index (χ1v) is 15.2. The highest BCUT2D eigenvalue weighted by molar-refractivity contribution is 7.13. The number of benzene rings is 3. The topological polar surface area (TPSA) is 70.9 Å². The Labute approximate surface area is 249 Å². The molecule has 8 nitrogen and oxygen atoms in total. The van der Waals surface area contributed by atoms with Crippen molar-refractivity contribution >= 4 is 11.3 Å². The molecule has 0 saturated heterocycles.